The fourth-order valence-electron chi connectivity index (χ4n) is 3.07. The van der Waals surface area contributed by atoms with Crippen molar-refractivity contribution in [2.75, 3.05) is 30.2 Å². The van der Waals surface area contributed by atoms with Crippen LogP contribution in [0.3, 0.4) is 0 Å². The smallest absolute Gasteiger partial charge is 0.243 e. The number of piperidine rings is 1. The van der Waals surface area contributed by atoms with E-state index in [0.717, 1.165) is 37.6 Å². The van der Waals surface area contributed by atoms with E-state index >= 15 is 0 Å². The Bertz CT molecular complexity index is 658. The first-order chi connectivity index (χ1) is 10.8. The number of anilines is 1. The number of amides is 1. The molecule has 0 N–H and O–H groups in total. The number of hydrogen-bond acceptors (Lipinski definition) is 3. The molecule has 1 fully saturated rings. The van der Waals surface area contributed by atoms with Gasteiger partial charge >= 0.3 is 0 Å². The first kappa shape index (κ1) is 17.8. The van der Waals surface area contributed by atoms with Crippen LogP contribution in [0.5, 0.6) is 0 Å². The van der Waals surface area contributed by atoms with Crippen molar-refractivity contribution in [1.82, 2.24) is 4.90 Å². The molecule has 1 aliphatic rings. The largest absolute Gasteiger partial charge is 0.341 e. The molecule has 1 aromatic carbocycles. The van der Waals surface area contributed by atoms with Gasteiger partial charge in [0.1, 0.15) is 6.54 Å². The van der Waals surface area contributed by atoms with Crippen molar-refractivity contribution < 1.29 is 13.2 Å². The predicted molar refractivity (Wildman–Crippen MR) is 93.0 cm³/mol. The summed E-state index contributed by atoms with van der Waals surface area (Å²) < 4.78 is 25.7. The van der Waals surface area contributed by atoms with Gasteiger partial charge in [0, 0.05) is 13.1 Å². The van der Waals surface area contributed by atoms with E-state index in [9.17, 15) is 13.2 Å². The number of hydrogen-bond donors (Lipinski definition) is 0. The van der Waals surface area contributed by atoms with Gasteiger partial charge in [-0.1, -0.05) is 32.0 Å². The van der Waals surface area contributed by atoms with Gasteiger partial charge in [-0.15, -0.1) is 0 Å². The Morgan fingerprint density at radius 2 is 2.04 bits per heavy atom. The second kappa shape index (κ2) is 7.34. The van der Waals surface area contributed by atoms with Crippen molar-refractivity contribution >= 4 is 21.6 Å². The van der Waals surface area contributed by atoms with Gasteiger partial charge in [-0.05, 0) is 36.8 Å². The van der Waals surface area contributed by atoms with Gasteiger partial charge in [-0.2, -0.15) is 0 Å². The monoisotopic (exact) mass is 338 g/mol. The van der Waals surface area contributed by atoms with Gasteiger partial charge in [0.25, 0.3) is 0 Å². The van der Waals surface area contributed by atoms with Crippen LogP contribution in [0.4, 0.5) is 5.69 Å². The zero-order valence-corrected chi connectivity index (χ0v) is 15.0. The standard InChI is InChI=1S/C17H26N2O3S/c1-4-15-9-5-6-10-16(15)19(23(3,21)22)13-17(20)18-11-7-8-14(2)12-18/h5-6,9-10,14H,4,7-8,11-13H2,1-3H3/t14-/m1/s1. The zero-order valence-electron chi connectivity index (χ0n) is 14.2. The van der Waals surface area contributed by atoms with E-state index in [1.54, 1.807) is 17.0 Å². The van der Waals surface area contributed by atoms with Crippen LogP contribution in [0, 0.1) is 5.92 Å². The summed E-state index contributed by atoms with van der Waals surface area (Å²) in [6.07, 6.45) is 3.98. The van der Waals surface area contributed by atoms with E-state index in [4.69, 9.17) is 0 Å². The fourth-order valence-corrected chi connectivity index (χ4v) is 3.95. The van der Waals surface area contributed by atoms with Crippen molar-refractivity contribution in [3.63, 3.8) is 0 Å². The summed E-state index contributed by atoms with van der Waals surface area (Å²) in [5, 5.41) is 0. The Hall–Kier alpha value is -1.56. The topological polar surface area (TPSA) is 57.7 Å². The summed E-state index contributed by atoms with van der Waals surface area (Å²) in [5.41, 5.74) is 1.54. The highest BCUT2D eigenvalue weighted by Crippen LogP contribution is 2.24. The van der Waals surface area contributed by atoms with Gasteiger partial charge in [0.15, 0.2) is 0 Å². The molecule has 23 heavy (non-hydrogen) atoms. The van der Waals surface area contributed by atoms with Crippen LogP contribution >= 0.6 is 0 Å². The molecule has 0 aromatic heterocycles. The van der Waals surface area contributed by atoms with Crippen LogP contribution < -0.4 is 4.31 Å². The molecule has 0 spiro atoms. The summed E-state index contributed by atoms with van der Waals surface area (Å²) in [6, 6.07) is 7.37. The van der Waals surface area contributed by atoms with Crippen LogP contribution in [0.2, 0.25) is 0 Å². The first-order valence-corrected chi connectivity index (χ1v) is 10.0. The highest BCUT2D eigenvalue weighted by Gasteiger charge is 2.27. The number of para-hydroxylation sites is 1. The predicted octanol–water partition coefficient (Wildman–Crippen LogP) is 2.27. The van der Waals surface area contributed by atoms with E-state index < -0.39 is 10.0 Å². The second-order valence-electron chi connectivity index (χ2n) is 6.34. The normalized spacial score (nSPS) is 18.7. The molecule has 0 aliphatic carbocycles. The Morgan fingerprint density at radius 3 is 2.65 bits per heavy atom. The maximum atomic E-state index is 12.6. The number of carbonyl (C=O) groups is 1. The first-order valence-electron chi connectivity index (χ1n) is 8.16. The van der Waals surface area contributed by atoms with E-state index in [1.165, 1.54) is 4.31 Å². The lowest BCUT2D eigenvalue weighted by atomic mass is 10.0. The molecular weight excluding hydrogens is 312 g/mol. The summed E-state index contributed by atoms with van der Waals surface area (Å²) in [7, 11) is -3.51. The van der Waals surface area contributed by atoms with Crippen LogP contribution in [0.15, 0.2) is 24.3 Å². The molecule has 1 amide bonds. The van der Waals surface area contributed by atoms with E-state index in [2.05, 4.69) is 6.92 Å². The van der Waals surface area contributed by atoms with E-state index in [1.807, 2.05) is 19.1 Å². The van der Waals surface area contributed by atoms with Crippen LogP contribution in [-0.2, 0) is 21.2 Å². The van der Waals surface area contributed by atoms with E-state index in [-0.39, 0.29) is 12.5 Å². The van der Waals surface area contributed by atoms with Gasteiger partial charge in [0.05, 0.1) is 11.9 Å². The maximum absolute atomic E-state index is 12.6. The molecule has 1 atom stereocenters. The molecule has 2 rings (SSSR count). The van der Waals surface area contributed by atoms with Gasteiger partial charge in [-0.3, -0.25) is 9.10 Å². The highest BCUT2D eigenvalue weighted by molar-refractivity contribution is 7.92. The summed E-state index contributed by atoms with van der Waals surface area (Å²) >= 11 is 0. The lowest BCUT2D eigenvalue weighted by molar-refractivity contribution is -0.131. The molecule has 1 aromatic rings. The Balaban J connectivity index is 2.25. The lowest BCUT2D eigenvalue weighted by Gasteiger charge is -2.33. The molecule has 0 bridgehead atoms. The number of likely N-dealkylation sites (tertiary alicyclic amines) is 1. The van der Waals surface area contributed by atoms with Crippen molar-refractivity contribution in [1.29, 1.82) is 0 Å². The third kappa shape index (κ3) is 4.47. The molecule has 1 aliphatic heterocycles. The van der Waals surface area contributed by atoms with Gasteiger partial charge < -0.3 is 4.90 Å². The van der Waals surface area contributed by atoms with Crippen LogP contribution in [0.1, 0.15) is 32.3 Å². The molecule has 0 unspecified atom stereocenters. The quantitative estimate of drug-likeness (QED) is 0.827. The summed E-state index contributed by atoms with van der Waals surface area (Å²) in [4.78, 5) is 14.4. The van der Waals surface area contributed by atoms with Gasteiger partial charge in [-0.25, -0.2) is 8.42 Å². The number of sulfonamides is 1. The Morgan fingerprint density at radius 1 is 1.35 bits per heavy atom. The minimum Gasteiger partial charge on any atom is -0.341 e. The Kier molecular flexibility index (Phi) is 5.68. The Labute approximate surface area is 139 Å². The summed E-state index contributed by atoms with van der Waals surface area (Å²) in [6.45, 7) is 5.41. The highest BCUT2D eigenvalue weighted by atomic mass is 32.2. The molecular formula is C17H26N2O3S. The van der Waals surface area contributed by atoms with Crippen molar-refractivity contribution in [2.45, 2.75) is 33.1 Å². The number of carbonyl (C=O) groups excluding carboxylic acids is 1. The van der Waals surface area contributed by atoms with Crippen molar-refractivity contribution in [3.8, 4) is 0 Å². The van der Waals surface area contributed by atoms with E-state index in [0.29, 0.717) is 18.2 Å². The third-order valence-electron chi connectivity index (χ3n) is 4.33. The fraction of sp³-hybridized carbons (Fsp3) is 0.588. The number of benzene rings is 1. The molecule has 1 heterocycles. The van der Waals surface area contributed by atoms with Crippen LogP contribution in [-0.4, -0.2) is 45.1 Å². The average Bonchev–Trinajstić information content (AvgIpc) is 2.51. The molecule has 0 radical (unpaired) electrons. The molecule has 128 valence electrons. The molecule has 1 saturated heterocycles. The molecule has 5 nitrogen and oxygen atoms in total. The lowest BCUT2D eigenvalue weighted by Crippen LogP contribution is -2.46. The maximum Gasteiger partial charge on any atom is 0.243 e. The molecule has 0 saturated carbocycles. The van der Waals surface area contributed by atoms with Crippen LogP contribution in [0.25, 0.3) is 0 Å². The number of rotatable bonds is 5. The number of aryl methyl sites for hydroxylation is 1. The minimum atomic E-state index is -3.51. The third-order valence-corrected chi connectivity index (χ3v) is 5.46. The zero-order chi connectivity index (χ0) is 17.0. The minimum absolute atomic E-state index is 0.118. The molecule has 6 heteroatoms. The average molecular weight is 338 g/mol. The second-order valence-corrected chi connectivity index (χ2v) is 8.25. The van der Waals surface area contributed by atoms with Crippen molar-refractivity contribution in [2.24, 2.45) is 5.92 Å². The SMILES string of the molecule is CCc1ccccc1N(CC(=O)N1CCC[C@@H](C)C1)S(C)(=O)=O. The summed E-state index contributed by atoms with van der Waals surface area (Å²) in [5.74, 6) is 0.357. The van der Waals surface area contributed by atoms with Crippen molar-refractivity contribution in [3.05, 3.63) is 29.8 Å². The van der Waals surface area contributed by atoms with Gasteiger partial charge in [0.2, 0.25) is 15.9 Å². The number of nitrogens with zero attached hydrogens (tertiary/aromatic N) is 2.